The zero-order valence-corrected chi connectivity index (χ0v) is 19.1. The van der Waals surface area contributed by atoms with Gasteiger partial charge in [0, 0.05) is 10.2 Å². The molecule has 4 rings (SSSR count). The number of carbonyl (C=O) groups is 1. The van der Waals surface area contributed by atoms with Gasteiger partial charge in [-0.3, -0.25) is 10.1 Å². The summed E-state index contributed by atoms with van der Waals surface area (Å²) in [6, 6.07) is 17.7. The standard InChI is InChI=1S/C21H13BrClN3O2S2/c22-11-5-7-15(23)13(9-11)19(28)26-21(29)24-12-6-8-17(27)14(10-12)20-25-16-3-1-2-4-18(16)30-20/h1-10,27H,(H2,24,26,28,29). The summed E-state index contributed by atoms with van der Waals surface area (Å²) in [5.41, 5.74) is 2.35. The second-order valence-corrected chi connectivity index (χ2v) is 9.01. The monoisotopic (exact) mass is 517 g/mol. The summed E-state index contributed by atoms with van der Waals surface area (Å²) in [7, 11) is 0. The third-order valence-corrected chi connectivity index (χ3v) is 6.28. The normalized spacial score (nSPS) is 10.7. The minimum Gasteiger partial charge on any atom is -0.507 e. The van der Waals surface area contributed by atoms with E-state index in [-0.39, 0.29) is 10.9 Å². The van der Waals surface area contributed by atoms with Gasteiger partial charge >= 0.3 is 0 Å². The molecule has 0 aliphatic heterocycles. The Balaban J connectivity index is 1.53. The molecule has 1 amide bonds. The number of hydrogen-bond donors (Lipinski definition) is 3. The lowest BCUT2D eigenvalue weighted by Crippen LogP contribution is -2.34. The zero-order valence-electron chi connectivity index (χ0n) is 15.1. The molecule has 5 nitrogen and oxygen atoms in total. The second kappa shape index (κ2) is 8.69. The van der Waals surface area contributed by atoms with Gasteiger partial charge in [-0.15, -0.1) is 11.3 Å². The van der Waals surface area contributed by atoms with E-state index in [0.717, 1.165) is 14.7 Å². The highest BCUT2D eigenvalue weighted by Gasteiger charge is 2.14. The van der Waals surface area contributed by atoms with Gasteiger partial charge < -0.3 is 10.4 Å². The summed E-state index contributed by atoms with van der Waals surface area (Å²) < 4.78 is 1.76. The number of phenolic OH excluding ortho intramolecular Hbond substituents is 1. The number of phenols is 1. The number of hydrogen-bond acceptors (Lipinski definition) is 5. The molecule has 0 aliphatic carbocycles. The first kappa shape index (κ1) is 20.7. The molecule has 0 spiro atoms. The molecule has 0 radical (unpaired) electrons. The molecule has 3 N–H and O–H groups in total. The average molecular weight is 519 g/mol. The van der Waals surface area contributed by atoms with E-state index < -0.39 is 5.91 Å². The van der Waals surface area contributed by atoms with Gasteiger partial charge in [0.25, 0.3) is 5.91 Å². The number of rotatable bonds is 3. The van der Waals surface area contributed by atoms with Crippen molar-refractivity contribution < 1.29 is 9.90 Å². The lowest BCUT2D eigenvalue weighted by atomic mass is 10.2. The largest absolute Gasteiger partial charge is 0.507 e. The van der Waals surface area contributed by atoms with Crippen LogP contribution >= 0.6 is 51.1 Å². The van der Waals surface area contributed by atoms with Crippen molar-refractivity contribution in [3.63, 3.8) is 0 Å². The van der Waals surface area contributed by atoms with Gasteiger partial charge in [-0.1, -0.05) is 39.7 Å². The zero-order chi connectivity index (χ0) is 21.3. The molecular weight excluding hydrogens is 506 g/mol. The number of thiazole rings is 1. The van der Waals surface area contributed by atoms with Crippen LogP contribution < -0.4 is 10.6 Å². The van der Waals surface area contributed by atoms with Gasteiger partial charge in [0.2, 0.25) is 0 Å². The van der Waals surface area contributed by atoms with Crippen LogP contribution in [0.15, 0.2) is 65.1 Å². The number of aromatic nitrogens is 1. The molecule has 4 aromatic rings. The van der Waals surface area contributed by atoms with Crippen LogP contribution in [0, 0.1) is 0 Å². The molecule has 0 atom stereocenters. The molecule has 0 bridgehead atoms. The van der Waals surface area contributed by atoms with Gasteiger partial charge in [0.15, 0.2) is 5.11 Å². The maximum absolute atomic E-state index is 12.5. The van der Waals surface area contributed by atoms with Crippen LogP contribution in [-0.4, -0.2) is 21.1 Å². The molecule has 1 heterocycles. The summed E-state index contributed by atoms with van der Waals surface area (Å²) in [5.74, 6) is -0.320. The third-order valence-electron chi connectivity index (χ3n) is 4.18. The lowest BCUT2D eigenvalue weighted by molar-refractivity contribution is 0.0978. The SMILES string of the molecule is O=C(NC(=S)Nc1ccc(O)c(-c2nc3ccccc3s2)c1)c1cc(Br)ccc1Cl. The second-order valence-electron chi connectivity index (χ2n) is 6.25. The molecule has 9 heteroatoms. The van der Waals surface area contributed by atoms with Crippen LogP contribution in [0.4, 0.5) is 5.69 Å². The number of anilines is 1. The highest BCUT2D eigenvalue weighted by molar-refractivity contribution is 9.10. The minimum absolute atomic E-state index is 0.107. The van der Waals surface area contributed by atoms with Crippen LogP contribution in [0.5, 0.6) is 5.75 Å². The Bertz CT molecular complexity index is 1260. The Hall–Kier alpha value is -2.52. The van der Waals surface area contributed by atoms with Crippen molar-refractivity contribution in [3.8, 4) is 16.3 Å². The predicted octanol–water partition coefficient (Wildman–Crippen LogP) is 6.21. The maximum atomic E-state index is 12.5. The van der Waals surface area contributed by atoms with E-state index in [1.807, 2.05) is 24.3 Å². The molecule has 0 saturated heterocycles. The fourth-order valence-electron chi connectivity index (χ4n) is 2.78. The molecular formula is C21H13BrClN3O2S2. The average Bonchev–Trinajstić information content (AvgIpc) is 3.15. The predicted molar refractivity (Wildman–Crippen MR) is 130 cm³/mol. The Labute approximate surface area is 194 Å². The Kier molecular flexibility index (Phi) is 6.01. The van der Waals surface area contributed by atoms with Crippen molar-refractivity contribution in [1.82, 2.24) is 10.3 Å². The molecule has 1 aromatic heterocycles. The van der Waals surface area contributed by atoms with E-state index in [9.17, 15) is 9.90 Å². The third kappa shape index (κ3) is 4.46. The van der Waals surface area contributed by atoms with Crippen molar-refractivity contribution in [2.45, 2.75) is 0 Å². The van der Waals surface area contributed by atoms with E-state index in [1.165, 1.54) is 11.3 Å². The van der Waals surface area contributed by atoms with Crippen LogP contribution in [-0.2, 0) is 0 Å². The molecule has 0 unspecified atom stereocenters. The fourth-order valence-corrected chi connectivity index (χ4v) is 4.54. The summed E-state index contributed by atoms with van der Waals surface area (Å²) in [4.78, 5) is 17.0. The van der Waals surface area contributed by atoms with Crippen molar-refractivity contribution in [2.75, 3.05) is 5.32 Å². The number of nitrogens with one attached hydrogen (secondary N) is 2. The van der Waals surface area contributed by atoms with Crippen molar-refractivity contribution in [1.29, 1.82) is 0 Å². The van der Waals surface area contributed by atoms with Crippen LogP contribution in [0.3, 0.4) is 0 Å². The van der Waals surface area contributed by atoms with Crippen LogP contribution in [0.1, 0.15) is 10.4 Å². The highest BCUT2D eigenvalue weighted by Crippen LogP contribution is 2.36. The number of carbonyl (C=O) groups excluding carboxylic acids is 1. The van der Waals surface area contributed by atoms with E-state index in [4.69, 9.17) is 23.8 Å². The molecule has 30 heavy (non-hydrogen) atoms. The van der Waals surface area contributed by atoms with Crippen molar-refractivity contribution >= 4 is 78.0 Å². The Morgan fingerprint density at radius 3 is 2.73 bits per heavy atom. The van der Waals surface area contributed by atoms with Crippen molar-refractivity contribution in [2.24, 2.45) is 0 Å². The number of fused-ring (bicyclic) bond motifs is 1. The Morgan fingerprint density at radius 2 is 1.93 bits per heavy atom. The molecule has 3 aromatic carbocycles. The van der Waals surface area contributed by atoms with Crippen LogP contribution in [0.2, 0.25) is 5.02 Å². The number of halogens is 2. The number of para-hydroxylation sites is 1. The summed E-state index contributed by atoms with van der Waals surface area (Å²) in [6.07, 6.45) is 0. The Morgan fingerprint density at radius 1 is 1.13 bits per heavy atom. The van der Waals surface area contributed by atoms with E-state index >= 15 is 0 Å². The van der Waals surface area contributed by atoms with E-state index in [2.05, 4.69) is 31.5 Å². The van der Waals surface area contributed by atoms with Gasteiger partial charge in [-0.25, -0.2) is 4.98 Å². The van der Waals surface area contributed by atoms with Gasteiger partial charge in [-0.2, -0.15) is 0 Å². The smallest absolute Gasteiger partial charge is 0.258 e. The van der Waals surface area contributed by atoms with Gasteiger partial charge in [0.1, 0.15) is 10.8 Å². The number of benzene rings is 3. The summed E-state index contributed by atoms with van der Waals surface area (Å²) in [5, 5.41) is 17.0. The first-order chi connectivity index (χ1) is 14.4. The summed E-state index contributed by atoms with van der Waals surface area (Å²) in [6.45, 7) is 0. The first-order valence-corrected chi connectivity index (χ1v) is 11.1. The fraction of sp³-hybridized carbons (Fsp3) is 0. The van der Waals surface area contributed by atoms with Crippen molar-refractivity contribution in [3.05, 3.63) is 75.7 Å². The van der Waals surface area contributed by atoms with Gasteiger partial charge in [0.05, 0.1) is 26.4 Å². The number of aromatic hydroxyl groups is 1. The van der Waals surface area contributed by atoms with E-state index in [0.29, 0.717) is 26.8 Å². The molecule has 0 saturated carbocycles. The van der Waals surface area contributed by atoms with Crippen LogP contribution in [0.25, 0.3) is 20.8 Å². The van der Waals surface area contributed by atoms with E-state index in [1.54, 1.807) is 36.4 Å². The highest BCUT2D eigenvalue weighted by atomic mass is 79.9. The molecule has 0 aliphatic rings. The lowest BCUT2D eigenvalue weighted by Gasteiger charge is -2.12. The maximum Gasteiger partial charge on any atom is 0.258 e. The quantitative estimate of drug-likeness (QED) is 0.222. The first-order valence-electron chi connectivity index (χ1n) is 8.67. The number of amides is 1. The molecule has 0 fully saturated rings. The number of thiocarbonyl (C=S) groups is 1. The molecule has 150 valence electrons. The summed E-state index contributed by atoms with van der Waals surface area (Å²) >= 11 is 16.2. The minimum atomic E-state index is -0.427. The number of nitrogens with zero attached hydrogens (tertiary/aromatic N) is 1. The topological polar surface area (TPSA) is 74.2 Å². The van der Waals surface area contributed by atoms with Gasteiger partial charge in [-0.05, 0) is 60.7 Å².